The van der Waals surface area contributed by atoms with E-state index in [2.05, 4.69) is 20.9 Å². The highest BCUT2D eigenvalue weighted by Gasteiger charge is 1.95. The number of hydrogen-bond donors (Lipinski definition) is 1. The van der Waals surface area contributed by atoms with E-state index in [9.17, 15) is 9.59 Å². The second-order valence-corrected chi connectivity index (χ2v) is 3.17. The van der Waals surface area contributed by atoms with Crippen LogP contribution in [-0.4, -0.2) is 15.6 Å². The van der Waals surface area contributed by atoms with E-state index >= 15 is 0 Å². The Bertz CT molecular complexity index is 283. The van der Waals surface area contributed by atoms with Crippen molar-refractivity contribution in [1.29, 1.82) is 0 Å². The molecule has 1 aromatic heterocycles. The summed E-state index contributed by atoms with van der Waals surface area (Å²) < 4.78 is -0.0208. The topological polar surface area (TPSA) is 73.1 Å². The zero-order valence-corrected chi connectivity index (χ0v) is 8.61. The molecule has 5 heteroatoms. The number of rotatable bonds is 1. The zero-order valence-electron chi connectivity index (χ0n) is 7.03. The predicted molar refractivity (Wildman–Crippen MR) is 52.4 cm³/mol. The Morgan fingerprint density at radius 3 is 2.23 bits per heavy atom. The molecule has 0 aliphatic rings. The van der Waals surface area contributed by atoms with Crippen LogP contribution < -0.4 is 5.73 Å². The number of carbonyl (C=O) groups excluding carboxylic acids is 2. The third-order valence-electron chi connectivity index (χ3n) is 0.917. The Kier molecular flexibility index (Phi) is 5.71. The van der Waals surface area contributed by atoms with Crippen molar-refractivity contribution in [2.75, 3.05) is 0 Å². The monoisotopic (exact) mass is 244 g/mol. The number of amides is 1. The second-order valence-electron chi connectivity index (χ2n) is 2.05. The molecule has 4 nitrogen and oxygen atoms in total. The van der Waals surface area contributed by atoms with Crippen LogP contribution in [0.25, 0.3) is 0 Å². The smallest absolute Gasteiger partial charge is 0.267 e. The Hall–Kier alpha value is -1.23. The number of carbonyl (C=O) groups is 2. The Labute approximate surface area is 84.3 Å². The van der Waals surface area contributed by atoms with Crippen molar-refractivity contribution in [1.82, 2.24) is 4.98 Å². The Morgan fingerprint density at radius 2 is 2.00 bits per heavy atom. The molecule has 1 rings (SSSR count). The number of hydrogen-bond acceptors (Lipinski definition) is 3. The lowest BCUT2D eigenvalue weighted by Gasteiger charge is -1.88. The van der Waals surface area contributed by atoms with Crippen LogP contribution >= 0.6 is 15.9 Å². The molecule has 0 aliphatic heterocycles. The first kappa shape index (κ1) is 11.8. The van der Waals surface area contributed by atoms with E-state index in [0.29, 0.717) is 5.69 Å². The van der Waals surface area contributed by atoms with Crippen LogP contribution in [0.4, 0.5) is 0 Å². The fourth-order valence-electron chi connectivity index (χ4n) is 0.509. The molecule has 0 bridgehead atoms. The van der Waals surface area contributed by atoms with Gasteiger partial charge in [-0.15, -0.1) is 0 Å². The minimum Gasteiger partial charge on any atom is -0.364 e. The summed E-state index contributed by atoms with van der Waals surface area (Å²) in [5.74, 6) is -0.490. The number of halogens is 1. The van der Waals surface area contributed by atoms with Crippen LogP contribution in [0, 0.1) is 0 Å². The van der Waals surface area contributed by atoms with Gasteiger partial charge in [0.1, 0.15) is 5.69 Å². The van der Waals surface area contributed by atoms with Gasteiger partial charge in [0.25, 0.3) is 5.91 Å². The third-order valence-corrected chi connectivity index (χ3v) is 0.917. The van der Waals surface area contributed by atoms with Crippen LogP contribution in [0.15, 0.2) is 24.4 Å². The minimum absolute atomic E-state index is 0.0208. The van der Waals surface area contributed by atoms with E-state index in [4.69, 9.17) is 5.73 Å². The molecule has 1 aromatic rings. The molecule has 0 unspecified atom stereocenters. The van der Waals surface area contributed by atoms with Gasteiger partial charge < -0.3 is 5.73 Å². The maximum absolute atomic E-state index is 10.4. The number of aromatic nitrogens is 1. The first-order valence-electron chi connectivity index (χ1n) is 3.41. The van der Waals surface area contributed by atoms with E-state index in [0.717, 1.165) is 0 Å². The van der Waals surface area contributed by atoms with Gasteiger partial charge in [-0.3, -0.25) is 14.6 Å². The largest absolute Gasteiger partial charge is 0.364 e. The summed E-state index contributed by atoms with van der Waals surface area (Å²) in [5.41, 5.74) is 5.22. The van der Waals surface area contributed by atoms with Crippen LogP contribution in [0.3, 0.4) is 0 Å². The molecule has 0 saturated heterocycles. The van der Waals surface area contributed by atoms with Gasteiger partial charge in [0.05, 0.1) is 0 Å². The van der Waals surface area contributed by atoms with Gasteiger partial charge in [-0.25, -0.2) is 0 Å². The molecule has 0 aliphatic carbocycles. The first-order chi connectivity index (χ1) is 6.04. The van der Waals surface area contributed by atoms with E-state index in [1.54, 1.807) is 18.2 Å². The summed E-state index contributed by atoms with van der Waals surface area (Å²) in [6.07, 6.45) is 1.53. The van der Waals surface area contributed by atoms with Gasteiger partial charge >= 0.3 is 0 Å². The van der Waals surface area contributed by atoms with E-state index in [1.807, 2.05) is 0 Å². The number of primary amides is 1. The van der Waals surface area contributed by atoms with Crippen molar-refractivity contribution >= 4 is 26.5 Å². The van der Waals surface area contributed by atoms with Gasteiger partial charge in [-0.2, -0.15) is 0 Å². The summed E-state index contributed by atoms with van der Waals surface area (Å²) in [6, 6.07) is 5.02. The zero-order chi connectivity index (χ0) is 10.3. The molecular weight excluding hydrogens is 236 g/mol. The summed E-state index contributed by atoms with van der Waals surface area (Å²) in [5, 5.41) is 0. The average Bonchev–Trinajstić information content (AvgIpc) is 2.05. The maximum Gasteiger partial charge on any atom is 0.267 e. The van der Waals surface area contributed by atoms with Crippen molar-refractivity contribution in [3.63, 3.8) is 0 Å². The predicted octanol–water partition coefficient (Wildman–Crippen LogP) is 1.11. The van der Waals surface area contributed by atoms with Gasteiger partial charge in [0.2, 0.25) is 0 Å². The van der Waals surface area contributed by atoms with Crippen LogP contribution in [-0.2, 0) is 4.79 Å². The normalized spacial score (nSPS) is 8.15. The molecule has 1 heterocycles. The number of nitrogens with two attached hydrogens (primary N) is 1. The highest BCUT2D eigenvalue weighted by Crippen LogP contribution is 1.88. The lowest BCUT2D eigenvalue weighted by atomic mass is 10.3. The molecule has 0 saturated carbocycles. The molecule has 13 heavy (non-hydrogen) atoms. The first-order valence-corrected chi connectivity index (χ1v) is 4.20. The summed E-state index contributed by atoms with van der Waals surface area (Å²) in [7, 11) is 0. The van der Waals surface area contributed by atoms with E-state index < -0.39 is 5.91 Å². The molecule has 1 amide bonds. The van der Waals surface area contributed by atoms with Crippen molar-refractivity contribution in [2.24, 2.45) is 5.73 Å². The number of pyridine rings is 1. The highest BCUT2D eigenvalue weighted by molar-refractivity contribution is 9.18. The van der Waals surface area contributed by atoms with Gasteiger partial charge in [0.15, 0.2) is 4.69 Å². The molecule has 0 aromatic carbocycles. The summed E-state index contributed by atoms with van der Waals surface area (Å²) in [6.45, 7) is 1.44. The SMILES string of the molecule is CC(=O)Br.NC(=O)c1ccccn1. The fourth-order valence-corrected chi connectivity index (χ4v) is 0.509. The standard InChI is InChI=1S/C6H6N2O.C2H3BrO/c7-6(9)5-3-1-2-4-8-5;1-2(3)4/h1-4H,(H2,7,9);1H3. The quantitative estimate of drug-likeness (QED) is 0.753. The van der Waals surface area contributed by atoms with Crippen LogP contribution in [0.1, 0.15) is 17.4 Å². The number of nitrogens with zero attached hydrogens (tertiary/aromatic N) is 1. The van der Waals surface area contributed by atoms with Gasteiger partial charge in [-0.05, 0) is 28.1 Å². The second kappa shape index (κ2) is 6.30. The molecule has 2 N–H and O–H groups in total. The molecule has 0 atom stereocenters. The highest BCUT2D eigenvalue weighted by atomic mass is 79.9. The van der Waals surface area contributed by atoms with Crippen LogP contribution in [0.5, 0.6) is 0 Å². The minimum atomic E-state index is -0.490. The van der Waals surface area contributed by atoms with Crippen molar-refractivity contribution in [3.05, 3.63) is 30.1 Å². The fraction of sp³-hybridized carbons (Fsp3) is 0.125. The third kappa shape index (κ3) is 7.14. The van der Waals surface area contributed by atoms with Crippen molar-refractivity contribution in [2.45, 2.75) is 6.92 Å². The maximum atomic E-state index is 10.4. The van der Waals surface area contributed by atoms with Crippen molar-refractivity contribution < 1.29 is 9.59 Å². The van der Waals surface area contributed by atoms with E-state index in [1.165, 1.54) is 13.1 Å². The Balaban J connectivity index is 0.000000310. The lowest BCUT2D eigenvalue weighted by molar-refractivity contribution is -0.108. The van der Waals surface area contributed by atoms with Crippen LogP contribution in [0.2, 0.25) is 0 Å². The van der Waals surface area contributed by atoms with Crippen molar-refractivity contribution in [3.8, 4) is 0 Å². The van der Waals surface area contributed by atoms with E-state index in [-0.39, 0.29) is 4.69 Å². The Morgan fingerprint density at radius 1 is 1.46 bits per heavy atom. The molecular formula is C8H9BrN2O2. The molecule has 0 spiro atoms. The summed E-state index contributed by atoms with van der Waals surface area (Å²) >= 11 is 2.63. The lowest BCUT2D eigenvalue weighted by Crippen LogP contribution is -2.12. The molecule has 70 valence electrons. The molecule has 0 fully saturated rings. The summed E-state index contributed by atoms with van der Waals surface area (Å²) in [4.78, 5) is 23.4. The van der Waals surface area contributed by atoms with Gasteiger partial charge in [0, 0.05) is 13.1 Å². The van der Waals surface area contributed by atoms with Gasteiger partial charge in [-0.1, -0.05) is 6.07 Å². The molecule has 0 radical (unpaired) electrons. The average molecular weight is 245 g/mol.